The Morgan fingerprint density at radius 1 is 1.15 bits per heavy atom. The van der Waals surface area contributed by atoms with Crippen LogP contribution >= 0.6 is 11.6 Å². The number of nitrogens with zero attached hydrogens (tertiary/aromatic N) is 3. The van der Waals surface area contributed by atoms with Gasteiger partial charge in [-0.05, 0) is 12.1 Å². The van der Waals surface area contributed by atoms with Crippen LogP contribution < -0.4 is 0 Å². The smallest absolute Gasteiger partial charge is 0.225 e. The molecule has 2 aromatic rings. The highest BCUT2D eigenvalue weighted by atomic mass is 35.5. The van der Waals surface area contributed by atoms with Crippen molar-refractivity contribution in [3.05, 3.63) is 41.4 Å². The van der Waals surface area contributed by atoms with Crippen molar-refractivity contribution in [1.82, 2.24) is 14.8 Å². The highest BCUT2D eigenvalue weighted by Crippen LogP contribution is 2.28. The summed E-state index contributed by atoms with van der Waals surface area (Å²) in [7, 11) is 0. The van der Waals surface area contributed by atoms with Crippen molar-refractivity contribution >= 4 is 23.4 Å². The maximum Gasteiger partial charge on any atom is 0.225 e. The van der Waals surface area contributed by atoms with Gasteiger partial charge in [-0.1, -0.05) is 37.6 Å². The van der Waals surface area contributed by atoms with Crippen LogP contribution in [0.25, 0.3) is 11.3 Å². The number of carbonyl (C=O) groups is 2. The van der Waals surface area contributed by atoms with Crippen molar-refractivity contribution in [3.63, 3.8) is 0 Å². The zero-order valence-electron chi connectivity index (χ0n) is 15.7. The fourth-order valence-corrected chi connectivity index (χ4v) is 3.35. The number of rotatable bonds is 5. The summed E-state index contributed by atoms with van der Waals surface area (Å²) in [6, 6.07) is 7.41. The lowest BCUT2D eigenvalue weighted by atomic mass is 10.1. The predicted octanol–water partition coefficient (Wildman–Crippen LogP) is 3.25. The lowest BCUT2D eigenvalue weighted by Gasteiger charge is -2.35. The molecule has 0 spiro atoms. The van der Waals surface area contributed by atoms with E-state index < -0.39 is 0 Å². The molecule has 1 aliphatic heterocycles. The monoisotopic (exact) mass is 389 g/mol. The molecular formula is C20H24ClN3O3. The quantitative estimate of drug-likeness (QED) is 0.787. The van der Waals surface area contributed by atoms with E-state index in [1.54, 1.807) is 12.3 Å². The Bertz CT molecular complexity index is 810. The molecule has 1 aromatic carbocycles. The predicted molar refractivity (Wildman–Crippen MR) is 103 cm³/mol. The Labute approximate surface area is 164 Å². The molecule has 0 N–H and O–H groups in total. The molecule has 0 atom stereocenters. The standard InChI is InChI=1S/C20H24ClN3O3/c1-14(2)20(26)24-11-9-23(10-12-24)19(25)8-7-18-22-13-17(27-18)15-5-3-4-6-16(15)21/h3-6,13-14H,7-12H2,1-2H3. The highest BCUT2D eigenvalue weighted by Gasteiger charge is 2.25. The van der Waals surface area contributed by atoms with Gasteiger partial charge in [0, 0.05) is 50.5 Å². The zero-order chi connectivity index (χ0) is 19.4. The number of oxazole rings is 1. The minimum absolute atomic E-state index is 0.00964. The molecule has 3 rings (SSSR count). The summed E-state index contributed by atoms with van der Waals surface area (Å²) >= 11 is 6.17. The summed E-state index contributed by atoms with van der Waals surface area (Å²) in [6.07, 6.45) is 2.41. The topological polar surface area (TPSA) is 66.7 Å². The van der Waals surface area contributed by atoms with Crippen molar-refractivity contribution in [3.8, 4) is 11.3 Å². The number of benzene rings is 1. The number of piperazine rings is 1. The van der Waals surface area contributed by atoms with Crippen molar-refractivity contribution in [2.45, 2.75) is 26.7 Å². The molecule has 6 nitrogen and oxygen atoms in total. The van der Waals surface area contributed by atoms with E-state index in [-0.39, 0.29) is 17.7 Å². The number of aryl methyl sites for hydroxylation is 1. The second-order valence-corrected chi connectivity index (χ2v) is 7.37. The second kappa shape index (κ2) is 8.57. The van der Waals surface area contributed by atoms with Gasteiger partial charge in [0.05, 0.1) is 11.2 Å². The van der Waals surface area contributed by atoms with E-state index >= 15 is 0 Å². The van der Waals surface area contributed by atoms with E-state index in [0.29, 0.717) is 55.7 Å². The lowest BCUT2D eigenvalue weighted by molar-refractivity contribution is -0.141. The van der Waals surface area contributed by atoms with Crippen LogP contribution in [0.15, 0.2) is 34.9 Å². The normalized spacial score (nSPS) is 14.7. The van der Waals surface area contributed by atoms with Gasteiger partial charge in [0.25, 0.3) is 0 Å². The van der Waals surface area contributed by atoms with Crippen LogP contribution in [-0.4, -0.2) is 52.8 Å². The molecule has 0 aliphatic carbocycles. The molecule has 1 fully saturated rings. The average molecular weight is 390 g/mol. The molecule has 7 heteroatoms. The minimum Gasteiger partial charge on any atom is -0.441 e. The second-order valence-electron chi connectivity index (χ2n) is 6.96. The third-order valence-electron chi connectivity index (χ3n) is 4.68. The Morgan fingerprint density at radius 3 is 2.48 bits per heavy atom. The van der Waals surface area contributed by atoms with Crippen LogP contribution in [0.3, 0.4) is 0 Å². The average Bonchev–Trinajstić information content (AvgIpc) is 3.14. The summed E-state index contributed by atoms with van der Waals surface area (Å²) in [5.41, 5.74) is 0.787. The first kappa shape index (κ1) is 19.4. The molecule has 2 heterocycles. The van der Waals surface area contributed by atoms with Crippen LogP contribution in [0, 0.1) is 5.92 Å². The summed E-state index contributed by atoms with van der Waals surface area (Å²) in [6.45, 7) is 6.14. The van der Waals surface area contributed by atoms with Gasteiger partial charge < -0.3 is 14.2 Å². The molecule has 1 aromatic heterocycles. The van der Waals surface area contributed by atoms with Gasteiger partial charge in [-0.25, -0.2) is 4.98 Å². The summed E-state index contributed by atoms with van der Waals surface area (Å²) in [5.74, 6) is 1.32. The SMILES string of the molecule is CC(C)C(=O)N1CCN(C(=O)CCc2ncc(-c3ccccc3Cl)o2)CC1. The van der Waals surface area contributed by atoms with Crippen molar-refractivity contribution in [1.29, 1.82) is 0 Å². The Hall–Kier alpha value is -2.34. The molecule has 144 valence electrons. The first-order valence-corrected chi connectivity index (χ1v) is 9.59. The third kappa shape index (κ3) is 4.69. The van der Waals surface area contributed by atoms with Crippen LogP contribution in [0.1, 0.15) is 26.2 Å². The highest BCUT2D eigenvalue weighted by molar-refractivity contribution is 6.33. The molecule has 1 aliphatic rings. The Balaban J connectivity index is 1.51. The van der Waals surface area contributed by atoms with E-state index in [2.05, 4.69) is 4.98 Å². The fourth-order valence-electron chi connectivity index (χ4n) is 3.12. The van der Waals surface area contributed by atoms with E-state index in [0.717, 1.165) is 5.56 Å². The maximum absolute atomic E-state index is 12.4. The molecule has 0 unspecified atom stereocenters. The number of halogens is 1. The molecule has 0 saturated carbocycles. The number of hydrogen-bond acceptors (Lipinski definition) is 4. The van der Waals surface area contributed by atoms with Gasteiger partial charge in [-0.15, -0.1) is 0 Å². The van der Waals surface area contributed by atoms with Crippen molar-refractivity contribution < 1.29 is 14.0 Å². The van der Waals surface area contributed by atoms with Crippen LogP contribution in [0.2, 0.25) is 5.02 Å². The van der Waals surface area contributed by atoms with Gasteiger partial charge >= 0.3 is 0 Å². The van der Waals surface area contributed by atoms with Gasteiger partial charge in [0.1, 0.15) is 0 Å². The Kier molecular flexibility index (Phi) is 6.16. The van der Waals surface area contributed by atoms with Gasteiger partial charge in [-0.3, -0.25) is 9.59 Å². The first-order valence-electron chi connectivity index (χ1n) is 9.22. The van der Waals surface area contributed by atoms with Crippen LogP contribution in [0.5, 0.6) is 0 Å². The molecule has 1 saturated heterocycles. The number of aromatic nitrogens is 1. The van der Waals surface area contributed by atoms with Crippen LogP contribution in [-0.2, 0) is 16.0 Å². The molecule has 2 amide bonds. The van der Waals surface area contributed by atoms with Gasteiger partial charge in [0.15, 0.2) is 11.7 Å². The fraction of sp³-hybridized carbons (Fsp3) is 0.450. The summed E-state index contributed by atoms with van der Waals surface area (Å²) < 4.78 is 5.74. The lowest BCUT2D eigenvalue weighted by Crippen LogP contribution is -2.51. The minimum atomic E-state index is -0.00964. The van der Waals surface area contributed by atoms with E-state index in [1.165, 1.54) is 0 Å². The first-order chi connectivity index (χ1) is 13.0. The van der Waals surface area contributed by atoms with E-state index in [9.17, 15) is 9.59 Å². The van der Waals surface area contributed by atoms with Gasteiger partial charge in [-0.2, -0.15) is 0 Å². The number of amides is 2. The van der Waals surface area contributed by atoms with Gasteiger partial charge in [0.2, 0.25) is 11.8 Å². The molecular weight excluding hydrogens is 366 g/mol. The molecule has 0 radical (unpaired) electrons. The van der Waals surface area contributed by atoms with E-state index in [1.807, 2.05) is 41.8 Å². The number of hydrogen-bond donors (Lipinski definition) is 0. The van der Waals surface area contributed by atoms with Crippen molar-refractivity contribution in [2.75, 3.05) is 26.2 Å². The maximum atomic E-state index is 12.4. The third-order valence-corrected chi connectivity index (χ3v) is 5.01. The van der Waals surface area contributed by atoms with Crippen molar-refractivity contribution in [2.24, 2.45) is 5.92 Å². The molecule has 0 bridgehead atoms. The zero-order valence-corrected chi connectivity index (χ0v) is 16.4. The Morgan fingerprint density at radius 2 is 1.81 bits per heavy atom. The largest absolute Gasteiger partial charge is 0.441 e. The van der Waals surface area contributed by atoms with Crippen LogP contribution in [0.4, 0.5) is 0 Å². The number of carbonyl (C=O) groups excluding carboxylic acids is 2. The summed E-state index contributed by atoms with van der Waals surface area (Å²) in [5, 5.41) is 0.602. The molecule has 27 heavy (non-hydrogen) atoms. The van der Waals surface area contributed by atoms with E-state index in [4.69, 9.17) is 16.0 Å². The summed E-state index contributed by atoms with van der Waals surface area (Å²) in [4.78, 5) is 32.4.